The number of carbonyl (C=O) groups excluding carboxylic acids is 2. The highest BCUT2D eigenvalue weighted by Crippen LogP contribution is 2.26. The van der Waals surface area contributed by atoms with Gasteiger partial charge in [-0.3, -0.25) is 9.59 Å². The number of rotatable bonds is 7. The summed E-state index contributed by atoms with van der Waals surface area (Å²) in [4.78, 5) is 25.6. The van der Waals surface area contributed by atoms with E-state index in [9.17, 15) is 9.59 Å². The molecule has 1 aromatic heterocycles. The smallest absolute Gasteiger partial charge is 0.275 e. The van der Waals surface area contributed by atoms with Crippen molar-refractivity contribution in [2.75, 3.05) is 12.4 Å². The Balaban J connectivity index is 1.34. The average molecular weight is 491 g/mol. The number of amides is 2. The lowest BCUT2D eigenvalue weighted by atomic mass is 10.1. The Morgan fingerprint density at radius 1 is 0.946 bits per heavy atom. The number of aromatic nitrogens is 1. The van der Waals surface area contributed by atoms with Crippen molar-refractivity contribution in [1.29, 1.82) is 0 Å². The highest BCUT2D eigenvalue weighted by molar-refractivity contribution is 6.03. The minimum absolute atomic E-state index is 0.134. The molecule has 0 radical (unpaired) electrons. The van der Waals surface area contributed by atoms with E-state index in [2.05, 4.69) is 15.8 Å². The van der Waals surface area contributed by atoms with E-state index in [1.807, 2.05) is 96.6 Å². The maximum absolute atomic E-state index is 12.9. The molecule has 0 saturated heterocycles. The summed E-state index contributed by atoms with van der Waals surface area (Å²) in [5.74, 6) is -0.0348. The molecule has 0 spiro atoms. The molecule has 0 aliphatic rings. The summed E-state index contributed by atoms with van der Waals surface area (Å²) in [6.07, 6.45) is 3.44. The molecule has 0 bridgehead atoms. The summed E-state index contributed by atoms with van der Waals surface area (Å²) >= 11 is 0. The van der Waals surface area contributed by atoms with Crippen LogP contribution in [0.2, 0.25) is 0 Å². The summed E-state index contributed by atoms with van der Waals surface area (Å²) in [5.41, 5.74) is 6.55. The molecule has 1 heterocycles. The third-order valence-electron chi connectivity index (χ3n) is 6.15. The van der Waals surface area contributed by atoms with Crippen molar-refractivity contribution in [3.63, 3.8) is 0 Å². The van der Waals surface area contributed by atoms with Crippen LogP contribution in [0, 0.1) is 6.92 Å². The third kappa shape index (κ3) is 5.21. The lowest BCUT2D eigenvalue weighted by molar-refractivity contribution is -0.116. The van der Waals surface area contributed by atoms with Gasteiger partial charge in [0.15, 0.2) is 0 Å². The Morgan fingerprint density at radius 2 is 1.65 bits per heavy atom. The number of hydrazone groups is 1. The Labute approximate surface area is 214 Å². The molecule has 7 nitrogen and oxygen atoms in total. The van der Waals surface area contributed by atoms with E-state index in [1.165, 1.54) is 7.11 Å². The van der Waals surface area contributed by atoms with Crippen LogP contribution >= 0.6 is 0 Å². The zero-order valence-electron chi connectivity index (χ0n) is 20.6. The summed E-state index contributed by atoms with van der Waals surface area (Å²) in [6.45, 7) is 2.14. The Hall–Kier alpha value is -4.91. The first-order valence-corrected chi connectivity index (χ1v) is 11.9. The van der Waals surface area contributed by atoms with Crippen LogP contribution in [0.15, 0.2) is 96.2 Å². The molecular weight excluding hydrogens is 464 g/mol. The Bertz CT molecular complexity index is 1630. The van der Waals surface area contributed by atoms with Crippen molar-refractivity contribution in [2.24, 2.45) is 5.10 Å². The SMILES string of the molecule is COc1cc2ccccc2cc1C(=O)NN=Cc1cn(CC(=O)Nc2ccc(C)cc2)c2ccccc12. The van der Waals surface area contributed by atoms with Gasteiger partial charge in [0.2, 0.25) is 5.91 Å². The van der Waals surface area contributed by atoms with Crippen molar-refractivity contribution in [1.82, 2.24) is 9.99 Å². The molecule has 2 N–H and O–H groups in total. The van der Waals surface area contributed by atoms with Gasteiger partial charge < -0.3 is 14.6 Å². The molecule has 5 aromatic rings. The first-order chi connectivity index (χ1) is 18.0. The zero-order chi connectivity index (χ0) is 25.8. The molecule has 4 aromatic carbocycles. The molecule has 5 rings (SSSR count). The van der Waals surface area contributed by atoms with Gasteiger partial charge in [-0.1, -0.05) is 60.2 Å². The number of nitrogens with one attached hydrogen (secondary N) is 2. The van der Waals surface area contributed by atoms with E-state index in [0.29, 0.717) is 11.3 Å². The predicted octanol–water partition coefficient (Wildman–Crippen LogP) is 5.51. The quantitative estimate of drug-likeness (QED) is 0.233. The fourth-order valence-electron chi connectivity index (χ4n) is 4.29. The highest BCUT2D eigenvalue weighted by atomic mass is 16.5. The van der Waals surface area contributed by atoms with Crippen LogP contribution in [-0.4, -0.2) is 29.7 Å². The average Bonchev–Trinajstić information content (AvgIpc) is 3.26. The second kappa shape index (κ2) is 10.4. The molecule has 0 saturated carbocycles. The van der Waals surface area contributed by atoms with Crippen molar-refractivity contribution in [3.05, 3.63) is 108 Å². The van der Waals surface area contributed by atoms with Crippen LogP contribution in [0.25, 0.3) is 21.7 Å². The Morgan fingerprint density at radius 3 is 2.41 bits per heavy atom. The van der Waals surface area contributed by atoms with Gasteiger partial charge in [0.25, 0.3) is 5.91 Å². The number of nitrogens with zero attached hydrogens (tertiary/aromatic N) is 2. The molecule has 7 heteroatoms. The summed E-state index contributed by atoms with van der Waals surface area (Å²) in [7, 11) is 1.54. The molecule has 0 aliphatic heterocycles. The fourth-order valence-corrected chi connectivity index (χ4v) is 4.29. The number of benzene rings is 4. The van der Waals surface area contributed by atoms with Crippen LogP contribution in [0.1, 0.15) is 21.5 Å². The molecule has 2 amide bonds. The third-order valence-corrected chi connectivity index (χ3v) is 6.15. The van der Waals surface area contributed by atoms with E-state index < -0.39 is 0 Å². The van der Waals surface area contributed by atoms with E-state index in [-0.39, 0.29) is 18.4 Å². The topological polar surface area (TPSA) is 84.7 Å². The summed E-state index contributed by atoms with van der Waals surface area (Å²) in [5, 5.41) is 9.97. The number of hydrogen-bond donors (Lipinski definition) is 2. The highest BCUT2D eigenvalue weighted by Gasteiger charge is 2.14. The number of anilines is 1. The van der Waals surface area contributed by atoms with Crippen LogP contribution in [0.3, 0.4) is 0 Å². The largest absolute Gasteiger partial charge is 0.496 e. The molecule has 37 heavy (non-hydrogen) atoms. The minimum Gasteiger partial charge on any atom is -0.496 e. The molecule has 0 unspecified atom stereocenters. The molecule has 0 atom stereocenters. The lowest BCUT2D eigenvalue weighted by Gasteiger charge is -2.09. The number of aryl methyl sites for hydroxylation is 1. The van der Waals surface area contributed by atoms with Gasteiger partial charge in [-0.15, -0.1) is 0 Å². The molecule has 0 aliphatic carbocycles. The zero-order valence-corrected chi connectivity index (χ0v) is 20.6. The predicted molar refractivity (Wildman–Crippen MR) is 147 cm³/mol. The van der Waals surface area contributed by atoms with E-state index in [0.717, 1.165) is 38.5 Å². The Kier molecular flexibility index (Phi) is 6.68. The van der Waals surface area contributed by atoms with Crippen molar-refractivity contribution < 1.29 is 14.3 Å². The number of para-hydroxylation sites is 1. The van der Waals surface area contributed by atoms with Gasteiger partial charge in [-0.05, 0) is 48.0 Å². The number of methoxy groups -OCH3 is 1. The number of hydrogen-bond acceptors (Lipinski definition) is 4. The molecular formula is C30H26N4O3. The second-order valence-corrected chi connectivity index (χ2v) is 8.74. The van der Waals surface area contributed by atoms with Crippen molar-refractivity contribution in [2.45, 2.75) is 13.5 Å². The van der Waals surface area contributed by atoms with Crippen molar-refractivity contribution >= 4 is 45.4 Å². The van der Waals surface area contributed by atoms with Gasteiger partial charge >= 0.3 is 0 Å². The lowest BCUT2D eigenvalue weighted by Crippen LogP contribution is -2.18. The first kappa shape index (κ1) is 23.8. The van der Waals surface area contributed by atoms with Crippen molar-refractivity contribution in [3.8, 4) is 5.75 Å². The number of carbonyl (C=O) groups is 2. The van der Waals surface area contributed by atoms with Gasteiger partial charge in [0, 0.05) is 28.4 Å². The van der Waals surface area contributed by atoms with Gasteiger partial charge in [0.1, 0.15) is 12.3 Å². The number of ether oxygens (including phenoxy) is 1. The fraction of sp³-hybridized carbons (Fsp3) is 0.100. The van der Waals surface area contributed by atoms with Crippen LogP contribution in [0.4, 0.5) is 5.69 Å². The maximum atomic E-state index is 12.9. The maximum Gasteiger partial charge on any atom is 0.275 e. The first-order valence-electron chi connectivity index (χ1n) is 11.9. The van der Waals surface area contributed by atoms with Gasteiger partial charge in [-0.2, -0.15) is 5.10 Å². The second-order valence-electron chi connectivity index (χ2n) is 8.74. The van der Waals surface area contributed by atoms with E-state index in [1.54, 1.807) is 12.3 Å². The molecule has 184 valence electrons. The van der Waals surface area contributed by atoms with Gasteiger partial charge in [-0.25, -0.2) is 5.43 Å². The minimum atomic E-state index is -0.375. The summed E-state index contributed by atoms with van der Waals surface area (Å²) in [6, 6.07) is 26.8. The molecule has 0 fully saturated rings. The standard InChI is InChI=1S/C30H26N4O3/c1-20-11-13-24(14-12-20)32-29(35)19-34-18-23(25-9-5-6-10-27(25)34)17-31-33-30(36)26-15-21-7-3-4-8-22(21)16-28(26)37-2/h3-18H,19H2,1-2H3,(H,32,35)(H,33,36). The van der Waals surface area contributed by atoms with Crippen LogP contribution < -0.4 is 15.5 Å². The number of fused-ring (bicyclic) bond motifs is 2. The van der Waals surface area contributed by atoms with Crippen LogP contribution in [-0.2, 0) is 11.3 Å². The van der Waals surface area contributed by atoms with E-state index in [4.69, 9.17) is 4.74 Å². The monoisotopic (exact) mass is 490 g/mol. The normalized spacial score (nSPS) is 11.2. The summed E-state index contributed by atoms with van der Waals surface area (Å²) < 4.78 is 7.30. The van der Waals surface area contributed by atoms with Gasteiger partial charge in [0.05, 0.1) is 18.9 Å². The van der Waals surface area contributed by atoms with E-state index >= 15 is 0 Å². The van der Waals surface area contributed by atoms with Crippen LogP contribution in [0.5, 0.6) is 5.75 Å².